The zero-order valence-corrected chi connectivity index (χ0v) is 15.5. The Balaban J connectivity index is 2.06. The molecule has 0 aliphatic carbocycles. The second-order valence-corrected chi connectivity index (χ2v) is 6.34. The number of benzene rings is 2. The Morgan fingerprint density at radius 1 is 0.963 bits per heavy atom. The van der Waals surface area contributed by atoms with Crippen LogP contribution in [0.4, 0.5) is 0 Å². The van der Waals surface area contributed by atoms with E-state index in [4.69, 9.17) is 15.2 Å². The van der Waals surface area contributed by atoms with Gasteiger partial charge in [-0.2, -0.15) is 0 Å². The van der Waals surface area contributed by atoms with Crippen LogP contribution in [0.15, 0.2) is 42.5 Å². The third-order valence-electron chi connectivity index (χ3n) is 4.60. The number of carbonyl (C=O) groups is 2. The average molecular weight is 368 g/mol. The lowest BCUT2D eigenvalue weighted by molar-refractivity contribution is -0.147. The molecule has 3 aromatic rings. The second kappa shape index (κ2) is 8.22. The van der Waals surface area contributed by atoms with Crippen molar-refractivity contribution in [3.05, 3.63) is 48.0 Å². The number of nitrogens with one attached hydrogen (secondary N) is 1. The normalized spacial score (nSPS) is 13.4. The van der Waals surface area contributed by atoms with Crippen molar-refractivity contribution >= 4 is 33.7 Å². The van der Waals surface area contributed by atoms with E-state index in [1.807, 2.05) is 42.5 Å². The van der Waals surface area contributed by atoms with Gasteiger partial charge in [-0.3, -0.25) is 9.59 Å². The van der Waals surface area contributed by atoms with Crippen molar-refractivity contribution in [1.29, 1.82) is 0 Å². The molecule has 0 saturated heterocycles. The molecular weight excluding hydrogens is 344 g/mol. The number of hydrogen-bond donors (Lipinski definition) is 2. The summed E-state index contributed by atoms with van der Waals surface area (Å²) in [5, 5.41) is 2.09. The molecule has 27 heavy (non-hydrogen) atoms. The second-order valence-electron chi connectivity index (χ2n) is 6.34. The molecule has 0 radical (unpaired) electrons. The fourth-order valence-corrected chi connectivity index (χ4v) is 3.38. The van der Waals surface area contributed by atoms with Gasteiger partial charge in [0.05, 0.1) is 24.6 Å². The molecule has 0 spiro atoms. The minimum Gasteiger partial charge on any atom is -0.466 e. The lowest BCUT2D eigenvalue weighted by atomic mass is 9.90. The highest BCUT2D eigenvalue weighted by atomic mass is 16.5. The Labute approximate surface area is 157 Å². The van der Waals surface area contributed by atoms with Crippen molar-refractivity contribution in [2.75, 3.05) is 13.2 Å². The van der Waals surface area contributed by atoms with Crippen LogP contribution in [0.3, 0.4) is 0 Å². The number of ether oxygens (including phenoxy) is 2. The van der Waals surface area contributed by atoms with Crippen LogP contribution in [0.1, 0.15) is 31.7 Å². The zero-order valence-electron chi connectivity index (χ0n) is 15.5. The van der Waals surface area contributed by atoms with Crippen LogP contribution in [0.2, 0.25) is 0 Å². The Kier molecular flexibility index (Phi) is 5.76. The van der Waals surface area contributed by atoms with Crippen molar-refractivity contribution in [2.45, 2.75) is 32.2 Å². The van der Waals surface area contributed by atoms with Gasteiger partial charge in [0, 0.05) is 16.3 Å². The van der Waals surface area contributed by atoms with Crippen LogP contribution in [0.5, 0.6) is 0 Å². The topological polar surface area (TPSA) is 94.4 Å². The van der Waals surface area contributed by atoms with Crippen LogP contribution in [-0.2, 0) is 19.1 Å². The molecule has 0 amide bonds. The molecule has 3 N–H and O–H groups in total. The van der Waals surface area contributed by atoms with Gasteiger partial charge in [0.2, 0.25) is 0 Å². The number of rotatable bonds is 7. The van der Waals surface area contributed by atoms with E-state index in [1.54, 1.807) is 13.8 Å². The van der Waals surface area contributed by atoms with Crippen molar-refractivity contribution < 1.29 is 19.1 Å². The maximum Gasteiger partial charge on any atom is 0.322 e. The van der Waals surface area contributed by atoms with Crippen molar-refractivity contribution in [1.82, 2.24) is 4.98 Å². The van der Waals surface area contributed by atoms with E-state index in [9.17, 15) is 9.59 Å². The standard InChI is InChI=1S/C21H24N2O4/c1-3-26-20(24)16(12-17(22)21(25)27-4-2)15-10-7-9-14-13-8-5-6-11-18(13)23-19(14)15/h5-11,16-17,23H,3-4,12,22H2,1-2H3/t16?,17-/m0/s1. The van der Waals surface area contributed by atoms with E-state index in [2.05, 4.69) is 4.98 Å². The van der Waals surface area contributed by atoms with Gasteiger partial charge in [-0.15, -0.1) is 0 Å². The van der Waals surface area contributed by atoms with Crippen LogP contribution < -0.4 is 5.73 Å². The third-order valence-corrected chi connectivity index (χ3v) is 4.60. The molecule has 0 saturated carbocycles. The molecule has 0 bridgehead atoms. The fourth-order valence-electron chi connectivity index (χ4n) is 3.38. The first-order valence-electron chi connectivity index (χ1n) is 9.15. The maximum atomic E-state index is 12.7. The molecule has 6 heteroatoms. The number of nitrogens with two attached hydrogens (primary N) is 1. The highest BCUT2D eigenvalue weighted by Crippen LogP contribution is 2.33. The molecule has 1 heterocycles. The number of H-pyrrole nitrogens is 1. The van der Waals surface area contributed by atoms with Gasteiger partial charge < -0.3 is 20.2 Å². The van der Waals surface area contributed by atoms with E-state index >= 15 is 0 Å². The third kappa shape index (κ3) is 3.80. The largest absolute Gasteiger partial charge is 0.466 e. The molecule has 1 aromatic heterocycles. The van der Waals surface area contributed by atoms with Crippen LogP contribution in [-0.4, -0.2) is 36.2 Å². The number of carbonyl (C=O) groups excluding carboxylic acids is 2. The average Bonchev–Trinajstić information content (AvgIpc) is 3.05. The molecule has 1 unspecified atom stereocenters. The Hall–Kier alpha value is -2.86. The van der Waals surface area contributed by atoms with Gasteiger partial charge in [-0.1, -0.05) is 36.4 Å². The first-order chi connectivity index (χ1) is 13.1. The maximum absolute atomic E-state index is 12.7. The number of aromatic nitrogens is 1. The number of hydrogen-bond acceptors (Lipinski definition) is 5. The molecule has 142 valence electrons. The van der Waals surface area contributed by atoms with Gasteiger partial charge in [-0.05, 0) is 31.9 Å². The summed E-state index contributed by atoms with van der Waals surface area (Å²) >= 11 is 0. The summed E-state index contributed by atoms with van der Waals surface area (Å²) in [6.07, 6.45) is 0.117. The number of esters is 2. The number of fused-ring (bicyclic) bond motifs is 3. The highest BCUT2D eigenvalue weighted by molar-refractivity contribution is 6.09. The molecule has 2 aromatic carbocycles. The first kappa shape index (κ1) is 18.9. The summed E-state index contributed by atoms with van der Waals surface area (Å²) in [6, 6.07) is 12.8. The van der Waals surface area contributed by atoms with E-state index in [0.717, 1.165) is 27.4 Å². The van der Waals surface area contributed by atoms with E-state index in [-0.39, 0.29) is 19.6 Å². The minimum absolute atomic E-state index is 0.117. The summed E-state index contributed by atoms with van der Waals surface area (Å²) < 4.78 is 10.3. The summed E-state index contributed by atoms with van der Waals surface area (Å²) in [7, 11) is 0. The van der Waals surface area contributed by atoms with Gasteiger partial charge in [0.25, 0.3) is 0 Å². The van der Waals surface area contributed by atoms with Crippen LogP contribution in [0.25, 0.3) is 21.8 Å². The molecule has 0 fully saturated rings. The zero-order chi connectivity index (χ0) is 19.4. The van der Waals surface area contributed by atoms with Crippen LogP contribution in [0, 0.1) is 0 Å². The molecule has 6 nitrogen and oxygen atoms in total. The molecule has 2 atom stereocenters. The van der Waals surface area contributed by atoms with E-state index in [0.29, 0.717) is 0 Å². The van der Waals surface area contributed by atoms with Gasteiger partial charge in [-0.25, -0.2) is 0 Å². The minimum atomic E-state index is -0.904. The smallest absolute Gasteiger partial charge is 0.322 e. The predicted molar refractivity (Wildman–Crippen MR) is 104 cm³/mol. The van der Waals surface area contributed by atoms with E-state index < -0.39 is 23.9 Å². The summed E-state index contributed by atoms with van der Waals surface area (Å²) in [5.41, 5.74) is 8.61. The van der Waals surface area contributed by atoms with E-state index in [1.165, 1.54) is 0 Å². The van der Waals surface area contributed by atoms with Gasteiger partial charge in [0.15, 0.2) is 0 Å². The quantitative estimate of drug-likeness (QED) is 0.624. The predicted octanol–water partition coefficient (Wildman–Crippen LogP) is 3.25. The number of aromatic amines is 1. The van der Waals surface area contributed by atoms with Gasteiger partial charge >= 0.3 is 11.9 Å². The summed E-state index contributed by atoms with van der Waals surface area (Å²) in [5.74, 6) is -1.58. The van der Waals surface area contributed by atoms with Crippen molar-refractivity contribution in [3.8, 4) is 0 Å². The molecule has 0 aliphatic heterocycles. The highest BCUT2D eigenvalue weighted by Gasteiger charge is 2.30. The molecule has 0 aliphatic rings. The summed E-state index contributed by atoms with van der Waals surface area (Å²) in [4.78, 5) is 28.0. The van der Waals surface area contributed by atoms with Crippen LogP contribution >= 0.6 is 0 Å². The Bertz CT molecular complexity index is 963. The lowest BCUT2D eigenvalue weighted by Crippen LogP contribution is -2.35. The fraction of sp³-hybridized carbons (Fsp3) is 0.333. The Morgan fingerprint density at radius 3 is 2.37 bits per heavy atom. The molecule has 3 rings (SSSR count). The monoisotopic (exact) mass is 368 g/mol. The number of para-hydroxylation sites is 2. The van der Waals surface area contributed by atoms with Crippen molar-refractivity contribution in [3.63, 3.8) is 0 Å². The lowest BCUT2D eigenvalue weighted by Gasteiger charge is -2.20. The van der Waals surface area contributed by atoms with Crippen molar-refractivity contribution in [2.24, 2.45) is 5.73 Å². The first-order valence-corrected chi connectivity index (χ1v) is 9.15. The Morgan fingerprint density at radius 2 is 1.63 bits per heavy atom. The molecular formula is C21H24N2O4. The summed E-state index contributed by atoms with van der Waals surface area (Å²) in [6.45, 7) is 3.98. The SMILES string of the molecule is CCOC(=O)C(C[C@H](N)C(=O)OCC)c1cccc2c1[nH]c1ccccc12. The van der Waals surface area contributed by atoms with Gasteiger partial charge in [0.1, 0.15) is 6.04 Å².